The summed E-state index contributed by atoms with van der Waals surface area (Å²) in [6.45, 7) is 4.88. The van der Waals surface area contributed by atoms with Crippen LogP contribution < -0.4 is 10.6 Å². The van der Waals surface area contributed by atoms with Gasteiger partial charge in [0.05, 0.1) is 17.2 Å². The zero-order valence-electron chi connectivity index (χ0n) is 23.7. The average molecular weight is 549 g/mol. The van der Waals surface area contributed by atoms with Crippen molar-refractivity contribution >= 4 is 16.9 Å². The van der Waals surface area contributed by atoms with Crippen molar-refractivity contribution in [2.45, 2.75) is 95.2 Å². The van der Waals surface area contributed by atoms with Gasteiger partial charge in [-0.2, -0.15) is 0 Å². The molecular formula is C33H42F2N4O. The maximum absolute atomic E-state index is 13.6. The third kappa shape index (κ3) is 5.41. The largest absolute Gasteiger partial charge is 0.355 e. The zero-order valence-corrected chi connectivity index (χ0v) is 23.7. The lowest BCUT2D eigenvalue weighted by Crippen LogP contribution is -2.46. The van der Waals surface area contributed by atoms with E-state index in [9.17, 15) is 13.6 Å². The van der Waals surface area contributed by atoms with Crippen LogP contribution in [0.25, 0.3) is 11.0 Å². The lowest BCUT2D eigenvalue weighted by molar-refractivity contribution is -0.129. The number of alkyl halides is 2. The Balaban J connectivity index is 1.13. The Morgan fingerprint density at radius 1 is 1.07 bits per heavy atom. The molecule has 40 heavy (non-hydrogen) atoms. The van der Waals surface area contributed by atoms with Gasteiger partial charge in [0, 0.05) is 36.8 Å². The molecule has 2 bridgehead atoms. The smallest absolute Gasteiger partial charge is 0.248 e. The highest BCUT2D eigenvalue weighted by Crippen LogP contribution is 2.46. The Hall–Kier alpha value is -2.80. The van der Waals surface area contributed by atoms with E-state index in [1.54, 1.807) is 0 Å². The van der Waals surface area contributed by atoms with Crippen LogP contribution in [0.15, 0.2) is 54.6 Å². The number of nitrogens with zero attached hydrogens (tertiary/aromatic N) is 2. The van der Waals surface area contributed by atoms with Crippen molar-refractivity contribution in [3.8, 4) is 0 Å². The first-order valence-electron chi connectivity index (χ1n) is 15.1. The first-order chi connectivity index (χ1) is 19.2. The monoisotopic (exact) mass is 548 g/mol. The number of amides is 1. The van der Waals surface area contributed by atoms with Gasteiger partial charge < -0.3 is 9.88 Å². The van der Waals surface area contributed by atoms with Gasteiger partial charge in [0.1, 0.15) is 5.82 Å². The highest BCUT2D eigenvalue weighted by molar-refractivity contribution is 5.79. The number of para-hydroxylation sites is 2. The lowest BCUT2D eigenvalue weighted by Gasteiger charge is -2.40. The summed E-state index contributed by atoms with van der Waals surface area (Å²) in [4.78, 5) is 17.8. The summed E-state index contributed by atoms with van der Waals surface area (Å²) in [6, 6.07) is 19.3. The number of rotatable bonds is 8. The van der Waals surface area contributed by atoms with Crippen LogP contribution in [-0.4, -0.2) is 34.0 Å². The Bertz CT molecular complexity index is 1320. The van der Waals surface area contributed by atoms with Crippen LogP contribution in [0.5, 0.6) is 0 Å². The standard InChI is InChI=1S/C33H42F2N4O/c1-22-37-28-10-6-7-11-29(28)39(22)30-20-24-12-13-27(38-30)26(24)16-17-32(2,25-8-4-3-5-9-25)21-36-31(40)23-14-18-33(34,35)19-15-23/h3-11,23-24,26-27,30,38H,12-21H2,1-2H3,(H,36,40)/t24-,26?,27+,30?,32?/m1/s1. The van der Waals surface area contributed by atoms with Crippen molar-refractivity contribution in [2.24, 2.45) is 17.8 Å². The minimum absolute atomic E-state index is 0.0668. The highest BCUT2D eigenvalue weighted by atomic mass is 19.3. The van der Waals surface area contributed by atoms with Crippen LogP contribution in [0, 0.1) is 24.7 Å². The third-order valence-electron chi connectivity index (χ3n) is 10.2. The fourth-order valence-electron chi connectivity index (χ4n) is 7.82. The van der Waals surface area contributed by atoms with Crippen LogP contribution in [0.1, 0.15) is 82.3 Å². The number of hydrogen-bond donors (Lipinski definition) is 2. The van der Waals surface area contributed by atoms with Gasteiger partial charge >= 0.3 is 0 Å². The van der Waals surface area contributed by atoms with E-state index in [1.165, 1.54) is 23.9 Å². The summed E-state index contributed by atoms with van der Waals surface area (Å²) in [7, 11) is 0. The molecule has 2 saturated carbocycles. The molecule has 0 spiro atoms. The summed E-state index contributed by atoms with van der Waals surface area (Å²) in [5.74, 6) is -0.669. The lowest BCUT2D eigenvalue weighted by atomic mass is 9.73. The Morgan fingerprint density at radius 3 is 2.55 bits per heavy atom. The van der Waals surface area contributed by atoms with Gasteiger partial charge in [-0.1, -0.05) is 49.4 Å². The van der Waals surface area contributed by atoms with E-state index < -0.39 is 5.92 Å². The molecule has 214 valence electrons. The molecule has 1 saturated heterocycles. The maximum Gasteiger partial charge on any atom is 0.248 e. The van der Waals surface area contributed by atoms with Gasteiger partial charge in [0.2, 0.25) is 11.8 Å². The van der Waals surface area contributed by atoms with Crippen LogP contribution in [-0.2, 0) is 10.2 Å². The fraction of sp³-hybridized carbons (Fsp3) is 0.576. The summed E-state index contributed by atoms with van der Waals surface area (Å²) in [5.41, 5.74) is 3.26. The van der Waals surface area contributed by atoms with Crippen molar-refractivity contribution < 1.29 is 13.6 Å². The Morgan fingerprint density at radius 2 is 1.80 bits per heavy atom. The third-order valence-corrected chi connectivity index (χ3v) is 10.2. The van der Waals surface area contributed by atoms with Crippen LogP contribution >= 0.6 is 0 Å². The molecule has 3 fully saturated rings. The van der Waals surface area contributed by atoms with E-state index in [2.05, 4.69) is 71.5 Å². The summed E-state index contributed by atoms with van der Waals surface area (Å²) in [5, 5.41) is 7.18. The predicted molar refractivity (Wildman–Crippen MR) is 154 cm³/mol. The number of imidazole rings is 1. The molecule has 2 aliphatic carbocycles. The first kappa shape index (κ1) is 27.4. The Kier molecular flexibility index (Phi) is 7.45. The predicted octanol–water partition coefficient (Wildman–Crippen LogP) is 6.91. The molecule has 5 nitrogen and oxygen atoms in total. The number of carbonyl (C=O) groups is 1. The second-order valence-corrected chi connectivity index (χ2v) is 12.9. The van der Waals surface area contributed by atoms with Gasteiger partial charge in [0.25, 0.3) is 0 Å². The van der Waals surface area contributed by atoms with Crippen molar-refractivity contribution in [1.29, 1.82) is 0 Å². The highest BCUT2D eigenvalue weighted by Gasteiger charge is 2.44. The number of aromatic nitrogens is 2. The number of benzene rings is 2. The molecule has 2 N–H and O–H groups in total. The van der Waals surface area contributed by atoms with Crippen LogP contribution in [0.2, 0.25) is 0 Å². The molecule has 0 radical (unpaired) electrons. The molecule has 6 rings (SSSR count). The van der Waals surface area contributed by atoms with Crippen molar-refractivity contribution in [1.82, 2.24) is 20.2 Å². The minimum Gasteiger partial charge on any atom is -0.355 e. The quantitative estimate of drug-likeness (QED) is 0.322. The van der Waals surface area contributed by atoms with E-state index in [-0.39, 0.29) is 49.1 Å². The molecule has 1 amide bonds. The van der Waals surface area contributed by atoms with E-state index in [4.69, 9.17) is 4.98 Å². The number of carbonyl (C=O) groups excluding carboxylic acids is 1. The number of halogens is 2. The van der Waals surface area contributed by atoms with E-state index in [0.717, 1.165) is 30.6 Å². The topological polar surface area (TPSA) is 59.0 Å². The number of hydrogen-bond acceptors (Lipinski definition) is 3. The average Bonchev–Trinajstić information content (AvgIpc) is 3.41. The van der Waals surface area contributed by atoms with Crippen molar-refractivity contribution in [3.05, 3.63) is 66.0 Å². The molecule has 3 aliphatic rings. The van der Waals surface area contributed by atoms with Gasteiger partial charge in [-0.3, -0.25) is 10.1 Å². The molecule has 3 aromatic rings. The van der Waals surface area contributed by atoms with E-state index >= 15 is 0 Å². The second-order valence-electron chi connectivity index (χ2n) is 12.9. The first-order valence-corrected chi connectivity index (χ1v) is 15.1. The van der Waals surface area contributed by atoms with Crippen molar-refractivity contribution in [2.75, 3.05) is 6.54 Å². The molecule has 2 aromatic carbocycles. The molecular weight excluding hydrogens is 506 g/mol. The molecule has 5 atom stereocenters. The van der Waals surface area contributed by atoms with E-state index in [1.807, 2.05) is 12.1 Å². The summed E-state index contributed by atoms with van der Waals surface area (Å²) >= 11 is 0. The Labute approximate surface area is 236 Å². The number of fused-ring (bicyclic) bond motifs is 3. The zero-order chi connectivity index (χ0) is 27.9. The number of aryl methyl sites for hydroxylation is 1. The number of piperidine rings is 1. The fourth-order valence-corrected chi connectivity index (χ4v) is 7.82. The minimum atomic E-state index is -2.62. The van der Waals surface area contributed by atoms with Crippen LogP contribution in [0.4, 0.5) is 8.78 Å². The molecule has 7 heteroatoms. The summed E-state index contributed by atoms with van der Waals surface area (Å²) < 4.78 is 29.7. The van der Waals surface area contributed by atoms with Gasteiger partial charge in [-0.15, -0.1) is 0 Å². The van der Waals surface area contributed by atoms with Gasteiger partial charge in [0.15, 0.2) is 0 Å². The SMILES string of the molecule is Cc1nc2ccccc2n1C1C[C@H]2CC[C@H](N1)C2CCC(C)(CNC(=O)C1CCC(F)(F)CC1)c1ccccc1. The van der Waals surface area contributed by atoms with Crippen LogP contribution in [0.3, 0.4) is 0 Å². The van der Waals surface area contributed by atoms with Gasteiger partial charge in [-0.25, -0.2) is 13.8 Å². The number of nitrogens with one attached hydrogen (secondary N) is 2. The molecule has 2 heterocycles. The second kappa shape index (κ2) is 10.9. The van der Waals surface area contributed by atoms with Crippen molar-refractivity contribution in [3.63, 3.8) is 0 Å². The molecule has 1 aromatic heterocycles. The van der Waals surface area contributed by atoms with Gasteiger partial charge in [-0.05, 0) is 81.4 Å². The van der Waals surface area contributed by atoms with E-state index in [0.29, 0.717) is 24.4 Å². The maximum atomic E-state index is 13.6. The normalized spacial score (nSPS) is 27.9. The summed E-state index contributed by atoms with van der Waals surface area (Å²) in [6.07, 6.45) is 6.04. The molecule has 3 unspecified atom stereocenters. The molecule has 1 aliphatic heterocycles.